The summed E-state index contributed by atoms with van der Waals surface area (Å²) in [6.45, 7) is 0.928. The van der Waals surface area contributed by atoms with Gasteiger partial charge in [0.1, 0.15) is 12.3 Å². The van der Waals surface area contributed by atoms with Gasteiger partial charge < -0.3 is 14.4 Å². The average molecular weight is 435 g/mol. The maximum atomic E-state index is 12.7. The van der Waals surface area contributed by atoms with Crippen LogP contribution in [-0.4, -0.2) is 65.6 Å². The lowest BCUT2D eigenvalue weighted by Crippen LogP contribution is -2.44. The summed E-state index contributed by atoms with van der Waals surface area (Å²) in [6.07, 6.45) is 4.22. The average Bonchev–Trinajstić information content (AvgIpc) is 3.01. The number of rotatable bonds is 6. The Bertz CT molecular complexity index is 925. The Labute approximate surface area is 176 Å². The largest absolute Gasteiger partial charge is 0.496 e. The summed E-state index contributed by atoms with van der Waals surface area (Å²) in [6, 6.07) is 2.55. The minimum atomic E-state index is -0.615. The number of carbonyl (C=O) groups excluding carboxylic acids is 3. The fraction of sp³-hybridized carbons (Fsp3) is 0.421. The van der Waals surface area contributed by atoms with Crippen LogP contribution in [0.25, 0.3) is 6.08 Å². The molecule has 0 bridgehead atoms. The highest BCUT2D eigenvalue weighted by molar-refractivity contribution is 8.18. The molecule has 2 saturated heterocycles. The first-order valence-corrected chi connectivity index (χ1v) is 10.1. The second kappa shape index (κ2) is 9.16. The van der Waals surface area contributed by atoms with Crippen LogP contribution in [0.5, 0.6) is 11.5 Å². The van der Waals surface area contributed by atoms with E-state index in [2.05, 4.69) is 0 Å². The normalized spacial score (nSPS) is 18.1. The van der Waals surface area contributed by atoms with Gasteiger partial charge in [0.25, 0.3) is 11.1 Å². The zero-order valence-corrected chi connectivity index (χ0v) is 17.4. The van der Waals surface area contributed by atoms with Crippen LogP contribution in [0.2, 0.25) is 0 Å². The zero-order valence-electron chi connectivity index (χ0n) is 16.6. The van der Waals surface area contributed by atoms with E-state index in [9.17, 15) is 24.5 Å². The van der Waals surface area contributed by atoms with Gasteiger partial charge in [-0.05, 0) is 37.1 Å². The Hall–Kier alpha value is -3.08. The molecule has 2 fully saturated rings. The monoisotopic (exact) mass is 435 g/mol. The molecule has 0 aliphatic carbocycles. The number of methoxy groups -OCH3 is 2. The van der Waals surface area contributed by atoms with E-state index in [-0.39, 0.29) is 40.1 Å². The summed E-state index contributed by atoms with van der Waals surface area (Å²) in [5.74, 6) is -0.630. The molecule has 0 radical (unpaired) electrons. The van der Waals surface area contributed by atoms with E-state index < -0.39 is 16.1 Å². The molecule has 0 unspecified atom stereocenters. The van der Waals surface area contributed by atoms with Gasteiger partial charge in [-0.15, -0.1) is 0 Å². The van der Waals surface area contributed by atoms with E-state index in [0.717, 1.165) is 24.2 Å². The fourth-order valence-corrected chi connectivity index (χ4v) is 4.15. The summed E-state index contributed by atoms with van der Waals surface area (Å²) < 4.78 is 10.3. The third-order valence-electron chi connectivity index (χ3n) is 4.89. The number of carbonyl (C=O) groups is 3. The van der Waals surface area contributed by atoms with Crippen molar-refractivity contribution in [2.24, 2.45) is 0 Å². The molecule has 160 valence electrons. The van der Waals surface area contributed by atoms with Gasteiger partial charge >= 0.3 is 5.69 Å². The Balaban J connectivity index is 1.85. The maximum Gasteiger partial charge on any atom is 0.311 e. The molecule has 1 aromatic rings. The smallest absolute Gasteiger partial charge is 0.311 e. The number of ether oxygens (including phenoxy) is 2. The number of nitrogens with zero attached hydrogens (tertiary/aromatic N) is 3. The first kappa shape index (κ1) is 21.6. The van der Waals surface area contributed by atoms with Gasteiger partial charge in [-0.3, -0.25) is 29.4 Å². The number of thioether (sulfide) groups is 1. The Morgan fingerprint density at radius 3 is 2.43 bits per heavy atom. The minimum Gasteiger partial charge on any atom is -0.496 e. The molecular formula is C19H21N3O7S. The lowest BCUT2D eigenvalue weighted by atomic mass is 10.1. The van der Waals surface area contributed by atoms with Crippen LogP contribution in [0.4, 0.5) is 10.5 Å². The van der Waals surface area contributed by atoms with Crippen molar-refractivity contribution in [1.82, 2.24) is 9.80 Å². The van der Waals surface area contributed by atoms with Crippen LogP contribution in [0.3, 0.4) is 0 Å². The Morgan fingerprint density at radius 2 is 1.83 bits per heavy atom. The second-order valence-corrected chi connectivity index (χ2v) is 7.73. The second-order valence-electron chi connectivity index (χ2n) is 6.73. The third-order valence-corrected chi connectivity index (χ3v) is 5.80. The molecule has 30 heavy (non-hydrogen) atoms. The molecular weight excluding hydrogens is 414 g/mol. The van der Waals surface area contributed by atoms with Crippen LogP contribution in [0, 0.1) is 10.1 Å². The van der Waals surface area contributed by atoms with E-state index in [1.54, 1.807) is 4.90 Å². The molecule has 1 aromatic carbocycles. The first-order valence-electron chi connectivity index (χ1n) is 9.29. The van der Waals surface area contributed by atoms with Gasteiger partial charge in [0, 0.05) is 30.8 Å². The van der Waals surface area contributed by atoms with Crippen molar-refractivity contribution in [2.75, 3.05) is 33.9 Å². The number of likely N-dealkylation sites (tertiary alicyclic amines) is 1. The molecule has 2 aliphatic heterocycles. The third kappa shape index (κ3) is 4.40. The van der Waals surface area contributed by atoms with Crippen molar-refractivity contribution in [3.63, 3.8) is 0 Å². The summed E-state index contributed by atoms with van der Waals surface area (Å²) in [5, 5.41) is 10.7. The van der Waals surface area contributed by atoms with Crippen LogP contribution in [0.1, 0.15) is 24.8 Å². The van der Waals surface area contributed by atoms with Crippen LogP contribution >= 0.6 is 11.8 Å². The Morgan fingerprint density at radius 1 is 1.17 bits per heavy atom. The van der Waals surface area contributed by atoms with Gasteiger partial charge in [0.05, 0.1) is 24.0 Å². The fourth-order valence-electron chi connectivity index (χ4n) is 3.32. The van der Waals surface area contributed by atoms with Crippen molar-refractivity contribution >= 4 is 40.6 Å². The molecule has 0 N–H and O–H groups in total. The van der Waals surface area contributed by atoms with E-state index >= 15 is 0 Å². The summed E-state index contributed by atoms with van der Waals surface area (Å²) in [4.78, 5) is 50.8. The molecule has 0 saturated carbocycles. The molecule has 11 heteroatoms. The highest BCUT2D eigenvalue weighted by atomic mass is 32.2. The molecule has 0 aromatic heterocycles. The SMILES string of the molecule is COc1cc(OC)c([N+](=O)[O-])cc1C=C1SC(=O)N(CC(=O)N2CCCCC2)C1=O. The number of hydrogen-bond acceptors (Lipinski definition) is 8. The van der Waals surface area contributed by atoms with Crippen LogP contribution in [-0.2, 0) is 9.59 Å². The number of hydrogen-bond donors (Lipinski definition) is 0. The molecule has 3 amide bonds. The van der Waals surface area contributed by atoms with Crippen molar-refractivity contribution in [2.45, 2.75) is 19.3 Å². The Kier molecular flexibility index (Phi) is 6.60. The van der Waals surface area contributed by atoms with Crippen LogP contribution < -0.4 is 9.47 Å². The van der Waals surface area contributed by atoms with Gasteiger partial charge in [-0.1, -0.05) is 0 Å². The number of amides is 3. The number of nitro groups is 1. The van der Waals surface area contributed by atoms with Crippen molar-refractivity contribution < 1.29 is 28.8 Å². The number of nitro benzene ring substituents is 1. The minimum absolute atomic E-state index is 0.00855. The number of benzene rings is 1. The van der Waals surface area contributed by atoms with Crippen molar-refractivity contribution in [1.29, 1.82) is 0 Å². The molecule has 0 atom stereocenters. The standard InChI is InChI=1S/C19H21N3O7S/c1-28-14-10-15(29-2)13(22(26)27)8-12(14)9-16-18(24)21(19(25)30-16)11-17(23)20-6-4-3-5-7-20/h8-10H,3-7,11H2,1-2H3. The van der Waals surface area contributed by atoms with Gasteiger partial charge in [-0.2, -0.15) is 0 Å². The quantitative estimate of drug-likeness (QED) is 0.380. The van der Waals surface area contributed by atoms with E-state index in [0.29, 0.717) is 24.9 Å². The highest BCUT2D eigenvalue weighted by Crippen LogP contribution is 2.38. The molecule has 2 aliphatic rings. The zero-order chi connectivity index (χ0) is 21.8. The molecule has 0 spiro atoms. The van der Waals surface area contributed by atoms with E-state index in [1.165, 1.54) is 32.4 Å². The predicted molar refractivity (Wildman–Crippen MR) is 109 cm³/mol. The molecule has 10 nitrogen and oxygen atoms in total. The first-order chi connectivity index (χ1) is 14.3. The van der Waals surface area contributed by atoms with Gasteiger partial charge in [0.2, 0.25) is 11.7 Å². The van der Waals surface area contributed by atoms with Gasteiger partial charge in [0.15, 0.2) is 0 Å². The lowest BCUT2D eigenvalue weighted by molar-refractivity contribution is -0.385. The maximum absolute atomic E-state index is 12.7. The number of piperidine rings is 1. The van der Waals surface area contributed by atoms with E-state index in [4.69, 9.17) is 9.47 Å². The van der Waals surface area contributed by atoms with Gasteiger partial charge in [-0.25, -0.2) is 0 Å². The molecule has 2 heterocycles. The van der Waals surface area contributed by atoms with Crippen molar-refractivity contribution in [3.05, 3.63) is 32.7 Å². The highest BCUT2D eigenvalue weighted by Gasteiger charge is 2.37. The van der Waals surface area contributed by atoms with Crippen molar-refractivity contribution in [3.8, 4) is 11.5 Å². The number of imide groups is 1. The lowest BCUT2D eigenvalue weighted by Gasteiger charge is -2.27. The summed E-state index contributed by atoms with van der Waals surface area (Å²) in [7, 11) is 2.67. The predicted octanol–water partition coefficient (Wildman–Crippen LogP) is 2.66. The van der Waals surface area contributed by atoms with E-state index in [1.807, 2.05) is 0 Å². The molecule has 3 rings (SSSR count). The summed E-state index contributed by atoms with van der Waals surface area (Å²) >= 11 is 0.680. The topological polar surface area (TPSA) is 119 Å². The van der Waals surface area contributed by atoms with Crippen LogP contribution in [0.15, 0.2) is 17.0 Å². The summed E-state index contributed by atoms with van der Waals surface area (Å²) in [5.41, 5.74) is -0.0538.